The normalized spacial score (nSPS) is 17.3. The molecule has 4 aromatic rings. The summed E-state index contributed by atoms with van der Waals surface area (Å²) in [5, 5.41) is 16.7. The molecule has 0 unspecified atom stereocenters. The number of nitrogens with zero attached hydrogens (tertiary/aromatic N) is 4. The highest BCUT2D eigenvalue weighted by molar-refractivity contribution is 6.76. The Hall–Kier alpha value is -8.41. The quantitative estimate of drug-likeness (QED) is 0.0320. The number of hydrogen-bond donors (Lipinski definition) is 4. The standard InChI is InChI=1S/C63H78F3N7O15Si2/c1-37(2)55(69-62(80)81)57(75)67-38(3)56(74)68-43-17-13-39(14-18-43)41-27-49-60(78)72(35-84-23-25-89(6,7)8)47-31-53(51(82-4)29-45(47)58(76)70(49)33-41)86-21-12-22-87-54-32-48-46(30-52(54)83-5)59(77)71-34-42(40-15-19-44(20-16-40)88-63(64,65)66)28-50(71)61(79)73(48)36-85-24-26-90(9,10)11/h13-20,29-34,37-38,49-50,55,69H,12,21-28,35-36H2,1-11H3,(H,67,75)(H,68,74)(H,80,81)/t38-,49-,50-,55-/m0/s1. The van der Waals surface area contributed by atoms with Crippen LogP contribution in [0.25, 0.3) is 11.1 Å². The molecule has 22 nitrogen and oxygen atoms in total. The Morgan fingerprint density at radius 2 is 1.07 bits per heavy atom. The molecule has 0 saturated carbocycles. The van der Waals surface area contributed by atoms with Crippen molar-refractivity contribution in [1.29, 1.82) is 0 Å². The molecule has 27 heteroatoms. The van der Waals surface area contributed by atoms with E-state index in [0.29, 0.717) is 41.2 Å². The molecule has 4 atom stereocenters. The SMILES string of the molecule is COc1cc2c(cc1OCCCOc1cc3c(cc1OC)C(=O)N1C=C(c4ccc(OC(F)(F)F)cc4)C[C@H]1C(=O)N3COCC[Si](C)(C)C)N(COCC[Si](C)(C)C)C(=O)[C@@H]1CC(c3ccc(NC(=O)[C@H](C)NC(=O)[C@@H](NC(=O)O)C(C)C)cc3)=CN1C2=O. The van der Waals surface area contributed by atoms with Crippen molar-refractivity contribution in [2.75, 3.05) is 69.2 Å². The van der Waals surface area contributed by atoms with Gasteiger partial charge in [-0.3, -0.25) is 38.6 Å². The van der Waals surface area contributed by atoms with E-state index in [-0.39, 0.29) is 97.4 Å². The summed E-state index contributed by atoms with van der Waals surface area (Å²) in [7, 11) is -0.262. The molecule has 4 aliphatic rings. The van der Waals surface area contributed by atoms with Crippen LogP contribution in [0.15, 0.2) is 85.2 Å². The number of anilines is 3. The number of rotatable bonds is 27. The molecule has 0 aromatic heterocycles. The molecule has 0 spiro atoms. The number of halogens is 3. The summed E-state index contributed by atoms with van der Waals surface area (Å²) < 4.78 is 79.4. The van der Waals surface area contributed by atoms with E-state index >= 15 is 0 Å². The second-order valence-corrected chi connectivity index (χ2v) is 36.3. The first-order valence-electron chi connectivity index (χ1n) is 29.6. The number of hydrogen-bond acceptors (Lipinski definition) is 14. The van der Waals surface area contributed by atoms with E-state index in [1.165, 1.54) is 83.3 Å². The minimum absolute atomic E-state index is 0.0504. The van der Waals surface area contributed by atoms with Crippen molar-refractivity contribution < 1.29 is 85.0 Å². The summed E-state index contributed by atoms with van der Waals surface area (Å²) >= 11 is 0. The number of carbonyl (C=O) groups excluding carboxylic acids is 6. The number of fused-ring (bicyclic) bond motifs is 4. The molecule has 8 rings (SSSR count). The fourth-order valence-corrected chi connectivity index (χ4v) is 11.9. The highest BCUT2D eigenvalue weighted by Gasteiger charge is 2.46. The van der Waals surface area contributed by atoms with Gasteiger partial charge in [-0.15, -0.1) is 13.2 Å². The Morgan fingerprint density at radius 1 is 0.622 bits per heavy atom. The lowest BCUT2D eigenvalue weighted by molar-refractivity contribution is -0.274. The number of ether oxygens (including phenoxy) is 7. The third-order valence-electron chi connectivity index (χ3n) is 15.5. The van der Waals surface area contributed by atoms with Crippen LogP contribution in [-0.2, 0) is 28.7 Å². The van der Waals surface area contributed by atoms with Crippen LogP contribution >= 0.6 is 0 Å². The Labute approximate surface area is 522 Å². The molecule has 0 bridgehead atoms. The topological polar surface area (TPSA) is 253 Å². The predicted molar refractivity (Wildman–Crippen MR) is 335 cm³/mol. The summed E-state index contributed by atoms with van der Waals surface area (Å²) in [6.07, 6.45) is -2.57. The molecule has 4 aliphatic heterocycles. The summed E-state index contributed by atoms with van der Waals surface area (Å²) in [6, 6.07) is 15.8. The molecular formula is C63H78F3N7O15Si2. The molecule has 0 fully saturated rings. The lowest BCUT2D eigenvalue weighted by Gasteiger charge is -2.27. The number of amides is 7. The van der Waals surface area contributed by atoms with Crippen molar-refractivity contribution in [2.24, 2.45) is 5.92 Å². The second kappa shape index (κ2) is 28.2. The first-order chi connectivity index (χ1) is 42.4. The maximum Gasteiger partial charge on any atom is 0.573 e. The molecule has 0 saturated heterocycles. The third-order valence-corrected chi connectivity index (χ3v) is 18.9. The van der Waals surface area contributed by atoms with Gasteiger partial charge in [0.2, 0.25) is 11.8 Å². The van der Waals surface area contributed by atoms with Crippen molar-refractivity contribution >= 4 is 85.9 Å². The molecule has 484 valence electrons. The average Bonchev–Trinajstić information content (AvgIpc) is 1.60. The number of carboxylic acid groups (broad SMARTS) is 1. The van der Waals surface area contributed by atoms with Crippen molar-refractivity contribution in [1.82, 2.24) is 20.4 Å². The van der Waals surface area contributed by atoms with Gasteiger partial charge in [-0.1, -0.05) is 77.4 Å². The van der Waals surface area contributed by atoms with Gasteiger partial charge in [0.1, 0.15) is 43.4 Å². The molecule has 4 heterocycles. The fourth-order valence-electron chi connectivity index (χ4n) is 10.4. The van der Waals surface area contributed by atoms with Crippen LogP contribution in [0.4, 0.5) is 35.0 Å². The maximum atomic E-state index is 14.9. The van der Waals surface area contributed by atoms with E-state index in [1.54, 1.807) is 56.4 Å². The van der Waals surface area contributed by atoms with E-state index in [9.17, 15) is 51.8 Å². The smallest absolute Gasteiger partial charge is 0.493 e. The van der Waals surface area contributed by atoms with Crippen LogP contribution in [0.5, 0.6) is 28.7 Å². The summed E-state index contributed by atoms with van der Waals surface area (Å²) in [5.74, 6) is -2.95. The van der Waals surface area contributed by atoms with Crippen LogP contribution < -0.4 is 49.4 Å². The van der Waals surface area contributed by atoms with Crippen LogP contribution in [0, 0.1) is 5.92 Å². The lowest BCUT2D eigenvalue weighted by atomic mass is 10.0. The minimum Gasteiger partial charge on any atom is -0.493 e. The van der Waals surface area contributed by atoms with E-state index < -0.39 is 94.0 Å². The molecule has 0 aliphatic carbocycles. The first-order valence-corrected chi connectivity index (χ1v) is 37.0. The zero-order chi connectivity index (χ0) is 65.6. The lowest BCUT2D eigenvalue weighted by Crippen LogP contribution is -2.53. The largest absolute Gasteiger partial charge is 0.573 e. The van der Waals surface area contributed by atoms with Crippen LogP contribution in [0.3, 0.4) is 0 Å². The van der Waals surface area contributed by atoms with Crippen molar-refractivity contribution in [2.45, 2.75) is 122 Å². The zero-order valence-corrected chi connectivity index (χ0v) is 54.3. The molecule has 4 N–H and O–H groups in total. The van der Waals surface area contributed by atoms with Gasteiger partial charge in [-0.2, -0.15) is 0 Å². The Kier molecular flexibility index (Phi) is 21.1. The zero-order valence-electron chi connectivity index (χ0n) is 52.3. The van der Waals surface area contributed by atoms with Gasteiger partial charge in [0, 0.05) is 78.8 Å². The Balaban J connectivity index is 0.982. The first kappa shape index (κ1) is 67.5. The summed E-state index contributed by atoms with van der Waals surface area (Å²) in [6.45, 7) is 18.6. The number of alkyl halides is 3. The van der Waals surface area contributed by atoms with Crippen molar-refractivity contribution in [3.63, 3.8) is 0 Å². The van der Waals surface area contributed by atoms with E-state index in [2.05, 4.69) is 60.0 Å². The van der Waals surface area contributed by atoms with Gasteiger partial charge in [-0.25, -0.2) is 4.79 Å². The summed E-state index contributed by atoms with van der Waals surface area (Å²) in [4.78, 5) is 102. The molecule has 7 amide bonds. The van der Waals surface area contributed by atoms with Gasteiger partial charge in [0.15, 0.2) is 23.0 Å². The van der Waals surface area contributed by atoms with Gasteiger partial charge < -0.3 is 64.0 Å². The Bertz CT molecular complexity index is 3430. The second-order valence-electron chi connectivity index (χ2n) is 25.0. The molecule has 90 heavy (non-hydrogen) atoms. The van der Waals surface area contributed by atoms with Gasteiger partial charge in [0.05, 0.1) is 49.9 Å². The Morgan fingerprint density at radius 3 is 1.47 bits per heavy atom. The highest BCUT2D eigenvalue weighted by Crippen LogP contribution is 2.45. The van der Waals surface area contributed by atoms with Gasteiger partial charge >= 0.3 is 12.5 Å². The van der Waals surface area contributed by atoms with E-state index in [0.717, 1.165) is 12.1 Å². The van der Waals surface area contributed by atoms with Gasteiger partial charge in [-0.05, 0) is 83.6 Å². The number of benzene rings is 4. The fraction of sp³-hybridized carbons (Fsp3) is 0.444. The highest BCUT2D eigenvalue weighted by atomic mass is 28.3. The van der Waals surface area contributed by atoms with Crippen LogP contribution in [-0.4, -0.2) is 157 Å². The van der Waals surface area contributed by atoms with Crippen molar-refractivity contribution in [3.8, 4) is 28.7 Å². The predicted octanol–water partition coefficient (Wildman–Crippen LogP) is 10.0. The molecular weight excluding hydrogens is 1210 g/mol. The van der Waals surface area contributed by atoms with E-state index in [1.807, 2.05) is 0 Å². The van der Waals surface area contributed by atoms with Crippen molar-refractivity contribution in [3.05, 3.63) is 107 Å². The van der Waals surface area contributed by atoms with Crippen LogP contribution in [0.1, 0.15) is 71.9 Å². The van der Waals surface area contributed by atoms with E-state index in [4.69, 9.17) is 28.4 Å². The minimum atomic E-state index is -4.88. The molecule has 0 radical (unpaired) electrons. The number of methoxy groups -OCH3 is 2. The monoisotopic (exact) mass is 1290 g/mol. The maximum absolute atomic E-state index is 14.9. The van der Waals surface area contributed by atoms with Gasteiger partial charge in [0.25, 0.3) is 23.6 Å². The summed E-state index contributed by atoms with van der Waals surface area (Å²) in [5.41, 5.74) is 3.59. The third kappa shape index (κ3) is 16.5. The van der Waals surface area contributed by atoms with Crippen LogP contribution in [0.2, 0.25) is 51.4 Å². The molecule has 4 aromatic carbocycles. The number of nitrogens with one attached hydrogen (secondary N) is 3. The average molecular weight is 1290 g/mol. The number of carbonyl (C=O) groups is 7.